The molecule has 0 aromatic heterocycles. The summed E-state index contributed by atoms with van der Waals surface area (Å²) in [4.78, 5) is 4.21. The molecular weight excluding hydrogens is 284 g/mol. The summed E-state index contributed by atoms with van der Waals surface area (Å²) in [6.45, 7) is 4.49. The number of anilines is 2. The number of nitrogens with zero attached hydrogens (tertiary/aromatic N) is 2. The van der Waals surface area contributed by atoms with Crippen LogP contribution in [-0.4, -0.2) is 33.3 Å². The van der Waals surface area contributed by atoms with Crippen molar-refractivity contribution in [2.24, 2.45) is 0 Å². The van der Waals surface area contributed by atoms with E-state index < -0.39 is 6.10 Å². The molecule has 1 aliphatic rings. The fourth-order valence-corrected chi connectivity index (χ4v) is 3.52. The number of hydrogen-bond donors (Lipinski definition) is 1. The number of hydrogen-bond acceptors (Lipinski definition) is 3. The first-order valence-corrected chi connectivity index (χ1v) is 8.05. The monoisotopic (exact) mass is 310 g/mol. The van der Waals surface area contributed by atoms with Gasteiger partial charge in [0.15, 0.2) is 0 Å². The number of fused-ring (bicyclic) bond motifs is 2. The summed E-state index contributed by atoms with van der Waals surface area (Å²) in [5, 5.41) is 10.9. The Hall–Kier alpha value is -2.00. The average molecular weight is 310 g/mol. The fraction of sp³-hybridized carbons (Fsp3) is 0.400. The summed E-state index contributed by atoms with van der Waals surface area (Å²) in [5.74, 6) is 0. The molecule has 3 heteroatoms. The van der Waals surface area contributed by atoms with E-state index in [0.29, 0.717) is 0 Å². The van der Waals surface area contributed by atoms with Crippen molar-refractivity contribution >= 4 is 11.4 Å². The normalized spacial score (nSPS) is 15.8. The first kappa shape index (κ1) is 15.9. The van der Waals surface area contributed by atoms with E-state index >= 15 is 0 Å². The van der Waals surface area contributed by atoms with E-state index in [2.05, 4.69) is 60.0 Å². The molecule has 0 fully saturated rings. The third kappa shape index (κ3) is 2.40. The number of rotatable bonds is 2. The Kier molecular flexibility index (Phi) is 3.64. The van der Waals surface area contributed by atoms with Gasteiger partial charge < -0.3 is 14.9 Å². The molecule has 0 spiro atoms. The highest BCUT2D eigenvalue weighted by molar-refractivity contribution is 5.63. The summed E-state index contributed by atoms with van der Waals surface area (Å²) >= 11 is 0. The van der Waals surface area contributed by atoms with Crippen LogP contribution in [0, 0.1) is 0 Å². The summed E-state index contributed by atoms with van der Waals surface area (Å²) in [5.41, 5.74) is 6.64. The van der Waals surface area contributed by atoms with Gasteiger partial charge in [-0.2, -0.15) is 0 Å². The van der Waals surface area contributed by atoms with Crippen LogP contribution < -0.4 is 9.80 Å². The van der Waals surface area contributed by atoms with Crippen molar-refractivity contribution in [2.75, 3.05) is 38.0 Å². The molecule has 23 heavy (non-hydrogen) atoms. The van der Waals surface area contributed by atoms with Crippen LogP contribution in [-0.2, 0) is 5.41 Å². The van der Waals surface area contributed by atoms with Crippen LogP contribution >= 0.6 is 0 Å². The highest BCUT2D eigenvalue weighted by Gasteiger charge is 2.37. The predicted molar refractivity (Wildman–Crippen MR) is 97.7 cm³/mol. The zero-order valence-corrected chi connectivity index (χ0v) is 14.9. The lowest BCUT2D eigenvalue weighted by molar-refractivity contribution is 0.210. The second-order valence-corrected chi connectivity index (χ2v) is 7.36. The van der Waals surface area contributed by atoms with Crippen molar-refractivity contribution in [1.29, 1.82) is 0 Å². The molecule has 2 aromatic carbocycles. The van der Waals surface area contributed by atoms with E-state index in [9.17, 15) is 5.11 Å². The molecule has 0 saturated heterocycles. The van der Waals surface area contributed by atoms with Gasteiger partial charge in [-0.3, -0.25) is 0 Å². The quantitative estimate of drug-likeness (QED) is 0.919. The molecule has 0 heterocycles. The molecular formula is C20H26N2O. The minimum Gasteiger partial charge on any atom is -0.384 e. The minimum absolute atomic E-state index is 0.137. The SMILES string of the molecule is CN(C)c1ccc2c(c1)C(C)(C)c1cc(N(C)C)ccc1C2O. The van der Waals surface area contributed by atoms with E-state index in [-0.39, 0.29) is 5.41 Å². The predicted octanol–water partition coefficient (Wildman–Crippen LogP) is 3.54. The first-order chi connectivity index (χ1) is 10.7. The molecule has 122 valence electrons. The maximum absolute atomic E-state index is 10.9. The van der Waals surface area contributed by atoms with Crippen LogP contribution in [0.25, 0.3) is 0 Å². The summed E-state index contributed by atoms with van der Waals surface area (Å²) in [6.07, 6.45) is -0.555. The van der Waals surface area contributed by atoms with Crippen molar-refractivity contribution in [2.45, 2.75) is 25.4 Å². The molecule has 3 rings (SSSR count). The largest absolute Gasteiger partial charge is 0.384 e. The number of benzene rings is 2. The van der Waals surface area contributed by atoms with E-state index in [4.69, 9.17) is 0 Å². The maximum atomic E-state index is 10.9. The third-order valence-electron chi connectivity index (χ3n) is 5.04. The molecule has 0 aliphatic heterocycles. The van der Waals surface area contributed by atoms with Crippen molar-refractivity contribution < 1.29 is 5.11 Å². The van der Waals surface area contributed by atoms with Gasteiger partial charge in [0.2, 0.25) is 0 Å². The molecule has 0 atom stereocenters. The Bertz CT molecular complexity index is 686. The highest BCUT2D eigenvalue weighted by Crippen LogP contribution is 2.47. The zero-order chi connectivity index (χ0) is 16.9. The molecule has 0 amide bonds. The zero-order valence-electron chi connectivity index (χ0n) is 14.9. The van der Waals surface area contributed by atoms with Crippen LogP contribution in [0.15, 0.2) is 36.4 Å². The van der Waals surface area contributed by atoms with Gasteiger partial charge in [0.05, 0.1) is 0 Å². The van der Waals surface area contributed by atoms with Gasteiger partial charge in [-0.25, -0.2) is 0 Å². The molecule has 2 aromatic rings. The van der Waals surface area contributed by atoms with Crippen molar-refractivity contribution in [3.8, 4) is 0 Å². The second kappa shape index (κ2) is 5.27. The van der Waals surface area contributed by atoms with E-state index in [1.807, 2.05) is 28.2 Å². The minimum atomic E-state index is -0.555. The molecule has 3 nitrogen and oxygen atoms in total. The van der Waals surface area contributed by atoms with Crippen molar-refractivity contribution in [3.63, 3.8) is 0 Å². The van der Waals surface area contributed by atoms with Crippen molar-refractivity contribution in [1.82, 2.24) is 0 Å². The molecule has 0 bridgehead atoms. The van der Waals surface area contributed by atoms with Gasteiger partial charge >= 0.3 is 0 Å². The van der Waals surface area contributed by atoms with Gasteiger partial charge in [-0.1, -0.05) is 26.0 Å². The van der Waals surface area contributed by atoms with E-state index in [1.165, 1.54) is 11.1 Å². The molecule has 1 aliphatic carbocycles. The van der Waals surface area contributed by atoms with Gasteiger partial charge in [-0.15, -0.1) is 0 Å². The topological polar surface area (TPSA) is 26.7 Å². The van der Waals surface area contributed by atoms with Crippen LogP contribution in [0.2, 0.25) is 0 Å². The Morgan fingerprint density at radius 3 is 1.52 bits per heavy atom. The molecule has 0 radical (unpaired) electrons. The summed E-state index contributed by atoms with van der Waals surface area (Å²) in [6, 6.07) is 12.7. The number of aliphatic hydroxyl groups excluding tert-OH is 1. The molecule has 1 N–H and O–H groups in total. The third-order valence-corrected chi connectivity index (χ3v) is 5.04. The summed E-state index contributed by atoms with van der Waals surface area (Å²) < 4.78 is 0. The fourth-order valence-electron chi connectivity index (χ4n) is 3.52. The Morgan fingerprint density at radius 1 is 0.783 bits per heavy atom. The Balaban J connectivity index is 2.23. The van der Waals surface area contributed by atoms with Crippen LogP contribution in [0.3, 0.4) is 0 Å². The first-order valence-electron chi connectivity index (χ1n) is 8.05. The maximum Gasteiger partial charge on any atom is 0.105 e. The van der Waals surface area contributed by atoms with Gasteiger partial charge in [-0.05, 0) is 46.5 Å². The standard InChI is InChI=1S/C20H26N2O/c1-20(2)17-11-13(21(3)4)7-9-15(17)19(23)16-10-8-14(22(5)6)12-18(16)20/h7-12,19,23H,1-6H3. The van der Waals surface area contributed by atoms with Gasteiger partial charge in [0.1, 0.15) is 6.10 Å². The second-order valence-electron chi connectivity index (χ2n) is 7.36. The smallest absolute Gasteiger partial charge is 0.105 e. The highest BCUT2D eigenvalue weighted by atomic mass is 16.3. The molecule has 0 unspecified atom stereocenters. The van der Waals surface area contributed by atoms with Crippen LogP contribution in [0.1, 0.15) is 42.2 Å². The van der Waals surface area contributed by atoms with E-state index in [0.717, 1.165) is 22.5 Å². The lowest BCUT2D eigenvalue weighted by Crippen LogP contribution is -2.30. The van der Waals surface area contributed by atoms with Crippen molar-refractivity contribution in [3.05, 3.63) is 58.7 Å². The Labute approximate surface area is 139 Å². The lowest BCUT2D eigenvalue weighted by atomic mass is 9.67. The van der Waals surface area contributed by atoms with Gasteiger partial charge in [0, 0.05) is 45.0 Å². The lowest BCUT2D eigenvalue weighted by Gasteiger charge is -2.39. The van der Waals surface area contributed by atoms with E-state index in [1.54, 1.807) is 0 Å². The number of aliphatic hydroxyl groups is 1. The van der Waals surface area contributed by atoms with Gasteiger partial charge in [0.25, 0.3) is 0 Å². The Morgan fingerprint density at radius 2 is 1.17 bits per heavy atom. The summed E-state index contributed by atoms with van der Waals surface area (Å²) in [7, 11) is 8.19. The van der Waals surface area contributed by atoms with Crippen LogP contribution in [0.4, 0.5) is 11.4 Å². The molecule has 0 saturated carbocycles. The average Bonchev–Trinajstić information content (AvgIpc) is 2.51. The van der Waals surface area contributed by atoms with Crippen LogP contribution in [0.5, 0.6) is 0 Å².